The van der Waals surface area contributed by atoms with Crippen LogP contribution in [0.4, 0.5) is 4.79 Å². The van der Waals surface area contributed by atoms with Crippen LogP contribution in [0.3, 0.4) is 0 Å². The van der Waals surface area contributed by atoms with E-state index in [2.05, 4.69) is 16.6 Å². The van der Waals surface area contributed by atoms with Gasteiger partial charge >= 0.3 is 23.9 Å². The molecule has 16 heteroatoms. The monoisotopic (exact) mass is 636 g/mol. The Morgan fingerprint density at radius 2 is 1.61 bits per heavy atom. The summed E-state index contributed by atoms with van der Waals surface area (Å²) in [5, 5.41) is 2.53. The minimum Gasteiger partial charge on any atom is -0.463 e. The van der Waals surface area contributed by atoms with E-state index in [1.165, 1.54) is 17.9 Å². The molecule has 0 radical (unpaired) electrons. The molecule has 1 heterocycles. The van der Waals surface area contributed by atoms with E-state index in [-0.39, 0.29) is 31.5 Å². The minimum atomic E-state index is -1.40. The van der Waals surface area contributed by atoms with Crippen LogP contribution in [0.25, 0.3) is 10.4 Å². The Morgan fingerprint density at radius 3 is 2.18 bits per heavy atom. The zero-order valence-electron chi connectivity index (χ0n) is 24.9. The summed E-state index contributed by atoms with van der Waals surface area (Å²) >= 11 is 0.891. The van der Waals surface area contributed by atoms with Crippen molar-refractivity contribution in [3.05, 3.63) is 59.0 Å². The van der Waals surface area contributed by atoms with Gasteiger partial charge in [0.2, 0.25) is 0 Å². The molecule has 2 rings (SSSR count). The number of esters is 4. The van der Waals surface area contributed by atoms with Gasteiger partial charge in [0.1, 0.15) is 12.7 Å². The standard InChI is InChI=1S/C28H36N4O11S/c1-6-22(44-28(37)32(13-12-30-31-29)14-21-10-8-7-9-11-21)15-39-27-26(42-20(5)36)25(41-19(4)35)24(40-18(3)34)23(43-27)16-38-17(2)33/h6-11,22-27H,1,12-16H2,2-5H3/t22?,23-,24-,25+,26-,27-/m1/s1. The smallest absolute Gasteiger partial charge is 0.303 e. The summed E-state index contributed by atoms with van der Waals surface area (Å²) in [7, 11) is 0. The highest BCUT2D eigenvalue weighted by atomic mass is 32.2. The predicted molar refractivity (Wildman–Crippen MR) is 156 cm³/mol. The van der Waals surface area contributed by atoms with Gasteiger partial charge in [-0.2, -0.15) is 0 Å². The van der Waals surface area contributed by atoms with Crippen molar-refractivity contribution in [1.29, 1.82) is 0 Å². The fraction of sp³-hybridized carbons (Fsp3) is 0.536. The summed E-state index contributed by atoms with van der Waals surface area (Å²) in [6.07, 6.45) is -5.23. The number of carbonyl (C=O) groups is 5. The Kier molecular flexibility index (Phi) is 15.2. The zero-order valence-corrected chi connectivity index (χ0v) is 25.7. The number of thioether (sulfide) groups is 1. The number of hydrogen-bond donors (Lipinski definition) is 0. The molecular weight excluding hydrogens is 600 g/mol. The lowest BCUT2D eigenvalue weighted by Crippen LogP contribution is -2.63. The van der Waals surface area contributed by atoms with Crippen molar-refractivity contribution >= 4 is 40.9 Å². The van der Waals surface area contributed by atoms with Crippen molar-refractivity contribution < 1.29 is 52.4 Å². The van der Waals surface area contributed by atoms with E-state index in [1.54, 1.807) is 0 Å². The second-order valence-corrected chi connectivity index (χ2v) is 10.6. The van der Waals surface area contributed by atoms with Crippen LogP contribution in [0.1, 0.15) is 33.3 Å². The van der Waals surface area contributed by atoms with Gasteiger partial charge in [0.25, 0.3) is 5.24 Å². The van der Waals surface area contributed by atoms with Gasteiger partial charge in [-0.15, -0.1) is 6.58 Å². The van der Waals surface area contributed by atoms with Gasteiger partial charge in [-0.3, -0.25) is 24.0 Å². The molecule has 0 aromatic heterocycles. The molecule has 1 aromatic carbocycles. The first kappa shape index (κ1) is 36.1. The summed E-state index contributed by atoms with van der Waals surface area (Å²) in [5.74, 6) is -2.96. The molecule has 0 bridgehead atoms. The van der Waals surface area contributed by atoms with E-state index in [1.807, 2.05) is 30.3 Å². The van der Waals surface area contributed by atoms with Crippen molar-refractivity contribution in [1.82, 2.24) is 4.90 Å². The maximum Gasteiger partial charge on any atom is 0.303 e. The lowest BCUT2D eigenvalue weighted by molar-refractivity contribution is -0.307. The molecular formula is C28H36N4O11S. The van der Waals surface area contributed by atoms with E-state index in [9.17, 15) is 24.0 Å². The van der Waals surface area contributed by atoms with Crippen molar-refractivity contribution in [2.75, 3.05) is 26.3 Å². The van der Waals surface area contributed by atoms with E-state index in [4.69, 9.17) is 34.0 Å². The average Bonchev–Trinajstić information content (AvgIpc) is 2.96. The molecule has 15 nitrogen and oxygen atoms in total. The molecule has 44 heavy (non-hydrogen) atoms. The molecule has 1 unspecified atom stereocenters. The molecule has 1 aliphatic heterocycles. The third kappa shape index (κ3) is 12.2. The predicted octanol–water partition coefficient (Wildman–Crippen LogP) is 3.31. The molecule has 6 atom stereocenters. The van der Waals surface area contributed by atoms with Gasteiger partial charge in [0.15, 0.2) is 24.6 Å². The number of ether oxygens (including phenoxy) is 6. The quantitative estimate of drug-likeness (QED) is 0.0682. The van der Waals surface area contributed by atoms with Crippen LogP contribution in [-0.2, 0) is 54.1 Å². The third-order valence-corrected chi connectivity index (χ3v) is 6.99. The van der Waals surface area contributed by atoms with Crippen LogP contribution in [0.15, 0.2) is 48.1 Å². The number of benzene rings is 1. The first-order valence-corrected chi connectivity index (χ1v) is 14.4. The first-order chi connectivity index (χ1) is 20.9. The average molecular weight is 637 g/mol. The Labute approximate surface area is 258 Å². The summed E-state index contributed by atoms with van der Waals surface area (Å²) in [6, 6.07) is 9.25. The van der Waals surface area contributed by atoms with Gasteiger partial charge in [0, 0.05) is 52.2 Å². The van der Waals surface area contributed by atoms with Crippen molar-refractivity contribution in [2.24, 2.45) is 5.11 Å². The van der Waals surface area contributed by atoms with Crippen molar-refractivity contribution in [3.63, 3.8) is 0 Å². The Morgan fingerprint density at radius 1 is 1.00 bits per heavy atom. The third-order valence-electron chi connectivity index (χ3n) is 5.90. The molecule has 0 aliphatic carbocycles. The molecule has 0 spiro atoms. The summed E-state index contributed by atoms with van der Waals surface area (Å²) in [5.41, 5.74) is 9.53. The molecule has 0 N–H and O–H groups in total. The van der Waals surface area contributed by atoms with Gasteiger partial charge in [-0.05, 0) is 11.1 Å². The number of rotatable bonds is 15. The molecule has 1 amide bonds. The number of amides is 1. The van der Waals surface area contributed by atoms with Crippen LogP contribution in [-0.4, -0.2) is 96.3 Å². The summed E-state index contributed by atoms with van der Waals surface area (Å²) < 4.78 is 33.1. The summed E-state index contributed by atoms with van der Waals surface area (Å²) in [4.78, 5) is 65.0. The number of azide groups is 1. The lowest BCUT2D eigenvalue weighted by Gasteiger charge is -2.44. The highest BCUT2D eigenvalue weighted by Crippen LogP contribution is 2.31. The minimum absolute atomic E-state index is 0.0651. The number of hydrogen-bond acceptors (Lipinski definition) is 13. The molecule has 1 aliphatic rings. The Bertz CT molecular complexity index is 1210. The molecule has 240 valence electrons. The van der Waals surface area contributed by atoms with Crippen LogP contribution in [0.5, 0.6) is 0 Å². The maximum absolute atomic E-state index is 13.3. The molecule has 1 saturated heterocycles. The van der Waals surface area contributed by atoms with E-state index in [0.29, 0.717) is 0 Å². The number of carbonyl (C=O) groups excluding carboxylic acids is 5. The van der Waals surface area contributed by atoms with Crippen LogP contribution in [0, 0.1) is 0 Å². The second kappa shape index (κ2) is 18.5. The van der Waals surface area contributed by atoms with Gasteiger partial charge in [0.05, 0.1) is 11.9 Å². The topological polar surface area (TPSA) is 193 Å². The zero-order chi connectivity index (χ0) is 32.6. The Balaban J connectivity index is 2.27. The molecule has 0 saturated carbocycles. The fourth-order valence-corrected chi connectivity index (χ4v) is 4.92. The van der Waals surface area contributed by atoms with Gasteiger partial charge < -0.3 is 33.3 Å². The lowest BCUT2D eigenvalue weighted by atomic mass is 9.98. The van der Waals surface area contributed by atoms with E-state index in [0.717, 1.165) is 38.1 Å². The van der Waals surface area contributed by atoms with Crippen molar-refractivity contribution in [3.8, 4) is 0 Å². The first-order valence-electron chi connectivity index (χ1n) is 13.5. The van der Waals surface area contributed by atoms with E-state index >= 15 is 0 Å². The highest BCUT2D eigenvalue weighted by Gasteiger charge is 2.52. The summed E-state index contributed by atoms with van der Waals surface area (Å²) in [6.45, 7) is 8.18. The normalized spacial score (nSPS) is 21.5. The SMILES string of the molecule is C=CC(CO[C@@H]1O[C@H](COC(C)=O)[C@@H](OC(C)=O)[C@H](OC(C)=O)[C@H]1OC(C)=O)SC(=O)N(CCN=[N+]=[N-])Cc1ccccc1. The fourth-order valence-electron chi connectivity index (χ4n) is 4.12. The van der Waals surface area contributed by atoms with Crippen LogP contribution in [0.2, 0.25) is 0 Å². The van der Waals surface area contributed by atoms with E-state index < -0.39 is 66.4 Å². The van der Waals surface area contributed by atoms with Crippen molar-refractivity contribution in [2.45, 2.75) is 70.2 Å². The molecule has 1 fully saturated rings. The maximum atomic E-state index is 13.3. The second-order valence-electron chi connectivity index (χ2n) is 9.42. The highest BCUT2D eigenvalue weighted by molar-refractivity contribution is 8.14. The number of nitrogens with zero attached hydrogens (tertiary/aromatic N) is 4. The van der Waals surface area contributed by atoms with Crippen LogP contribution < -0.4 is 0 Å². The van der Waals surface area contributed by atoms with Gasteiger partial charge in [-0.25, -0.2) is 0 Å². The van der Waals surface area contributed by atoms with Gasteiger partial charge in [-0.1, -0.05) is 53.3 Å². The molecule has 1 aromatic rings. The Hall–Kier alpha value is -4.11. The van der Waals surface area contributed by atoms with Crippen LogP contribution >= 0.6 is 11.8 Å². The largest absolute Gasteiger partial charge is 0.463 e.